The molecule has 0 radical (unpaired) electrons. The molecule has 11 rings (SSSR count). The van der Waals surface area contributed by atoms with Gasteiger partial charge in [-0.3, -0.25) is 28.7 Å². The van der Waals surface area contributed by atoms with Gasteiger partial charge in [-0.1, -0.05) is 94.3 Å². The molecule has 4 aromatic rings. The molecule has 33 nitrogen and oxygen atoms in total. The maximum absolute atomic E-state index is 12.6. The molecule has 0 spiro atoms. The van der Waals surface area contributed by atoms with E-state index in [1.54, 1.807) is 76.6 Å². The number of hydrogen-bond acceptors (Lipinski definition) is 30. The molecule has 125 heavy (non-hydrogen) atoms. The number of esters is 1. The van der Waals surface area contributed by atoms with Crippen LogP contribution in [-0.2, 0) is 38.0 Å². The zero-order valence-electron chi connectivity index (χ0n) is 73.9. The lowest BCUT2D eigenvalue weighted by molar-refractivity contribution is -0.144. The van der Waals surface area contributed by atoms with Crippen LogP contribution in [0.4, 0.5) is 16.4 Å². The van der Waals surface area contributed by atoms with Crippen molar-refractivity contribution in [3.8, 4) is 23.0 Å². The fourth-order valence-electron chi connectivity index (χ4n) is 14.8. The van der Waals surface area contributed by atoms with Crippen molar-refractivity contribution in [2.75, 3.05) is 116 Å². The normalized spacial score (nSPS) is 26.3. The first-order chi connectivity index (χ1) is 58.7. The number of aliphatic imine (C=N–C) groups is 2. The third-order valence-corrected chi connectivity index (χ3v) is 28.0. The number of amidine groups is 2. The van der Waals surface area contributed by atoms with Gasteiger partial charge >= 0.3 is 18.1 Å². The quantitative estimate of drug-likeness (QED) is 0.00891. The number of aromatic nitrogens is 4. The Bertz CT molecular complexity index is 4940. The number of nitrogens with zero attached hydrogens (tertiary/aromatic N) is 10. The maximum atomic E-state index is 12.6. The van der Waals surface area contributed by atoms with E-state index in [9.17, 15) is 55.2 Å². The molecule has 1 aliphatic carbocycles. The number of aliphatic carboxylic acids is 1. The number of carbonyl (C=O) groups is 3. The molecule has 4 fully saturated rings. The minimum atomic E-state index is -1.32. The third kappa shape index (κ3) is 29.2. The smallest absolute Gasteiger partial charge is 0.481 e. The number of carbonyl (C=O) groups excluding carboxylic acids is 2. The minimum absolute atomic E-state index is 0.0655. The fourth-order valence-corrected chi connectivity index (χ4v) is 18.6. The van der Waals surface area contributed by atoms with Gasteiger partial charge in [-0.15, -0.1) is 58.7 Å². The summed E-state index contributed by atoms with van der Waals surface area (Å²) in [5.74, 6) is 4.96. The van der Waals surface area contributed by atoms with Crippen LogP contribution in [0.2, 0.25) is 0 Å². The summed E-state index contributed by atoms with van der Waals surface area (Å²) in [6.07, 6.45) is 18.8. The van der Waals surface area contributed by atoms with Crippen LogP contribution in [0.15, 0.2) is 141 Å². The summed E-state index contributed by atoms with van der Waals surface area (Å²) in [4.78, 5) is 65.0. The maximum Gasteiger partial charge on any atom is 0.516 e. The number of hydrogen-bond donors (Lipinski definition) is 14. The summed E-state index contributed by atoms with van der Waals surface area (Å²) in [5.41, 5.74) is 29.5. The number of rotatable bonds is 32. The van der Waals surface area contributed by atoms with E-state index in [4.69, 9.17) is 61.6 Å². The average Bonchev–Trinajstić information content (AvgIpc) is 1.65. The van der Waals surface area contributed by atoms with Crippen LogP contribution in [0.5, 0.6) is 0 Å². The van der Waals surface area contributed by atoms with Gasteiger partial charge in [-0.05, 0) is 171 Å². The van der Waals surface area contributed by atoms with Crippen LogP contribution in [0.1, 0.15) is 121 Å². The molecule has 18 N–H and O–H groups in total. The van der Waals surface area contributed by atoms with Crippen molar-refractivity contribution in [3.05, 3.63) is 144 Å². The second-order valence-electron chi connectivity index (χ2n) is 35.4. The van der Waals surface area contributed by atoms with Crippen LogP contribution in [0.3, 0.4) is 0 Å². The first-order valence-electron chi connectivity index (χ1n) is 42.0. The van der Waals surface area contributed by atoms with Gasteiger partial charge in [0, 0.05) is 62.4 Å². The molecule has 6 aliphatic heterocycles. The number of nitrogens with two attached hydrogens (primary N) is 4. The second-order valence-corrected chi connectivity index (χ2v) is 52.7. The summed E-state index contributed by atoms with van der Waals surface area (Å²) in [7, 11) is 0. The Morgan fingerprint density at radius 3 is 1.30 bits per heavy atom. The topological polar surface area (TPSA) is 505 Å². The van der Waals surface area contributed by atoms with E-state index in [0.29, 0.717) is 112 Å². The lowest BCUT2D eigenvalue weighted by atomic mass is 9.98. The molecular weight excluding hydrogens is 1680 g/mol. The first kappa shape index (κ1) is 102. The van der Waals surface area contributed by atoms with E-state index in [1.165, 1.54) is 0 Å². The van der Waals surface area contributed by atoms with E-state index in [1.807, 2.05) is 36.4 Å². The summed E-state index contributed by atoms with van der Waals surface area (Å²) in [6.45, 7) is 25.5. The predicted molar refractivity (Wildman–Crippen MR) is 500 cm³/mol. The highest BCUT2D eigenvalue weighted by Gasteiger charge is 2.49. The number of aliphatic hydroxyl groups is 9. The number of nitrogen functional groups attached to an aromatic ring is 2. The lowest BCUT2D eigenvalue weighted by Crippen LogP contribution is -2.42. The van der Waals surface area contributed by atoms with Crippen molar-refractivity contribution in [3.63, 3.8) is 0 Å². The summed E-state index contributed by atoms with van der Waals surface area (Å²) in [6, 6.07) is 19.2. The Hall–Kier alpha value is -8.05. The molecule has 8 heterocycles. The van der Waals surface area contributed by atoms with Crippen LogP contribution < -0.4 is 34.2 Å². The Labute approximate surface area is 734 Å². The summed E-state index contributed by atoms with van der Waals surface area (Å²) in [5, 5.41) is 102. The van der Waals surface area contributed by atoms with Crippen molar-refractivity contribution in [2.24, 2.45) is 43.3 Å². The Morgan fingerprint density at radius 1 is 0.536 bits per heavy atom. The van der Waals surface area contributed by atoms with E-state index in [-0.39, 0.29) is 48.1 Å². The van der Waals surface area contributed by atoms with Crippen molar-refractivity contribution in [1.29, 1.82) is 0 Å². The number of benzene rings is 2. The zero-order valence-corrected chi connectivity index (χ0v) is 77.5. The van der Waals surface area contributed by atoms with E-state index in [0.717, 1.165) is 53.3 Å². The standard InChI is InChI=1S/C35H45N4O7P.C20H35N4O5P.C17H26N3O3P.C16H28N3O4P/c1-22(33(42)46-35(43)44-21-27-25-14-7-5-12-23(25)24-13-6-8-15-26(24)27)11-9-10-18-37-34-38-29(36)16-19-39(34)32-31(41)30(40)28(45-32)17-20-47(2,3)4;1-13(19(27)28)7-5-6-10-22-20-23-15(21)8-11-24(20)18-17(26)16(25)14(29-18)9-12-30(2,3)4;1-6-7-12-10-20(11(2)19-16(12)18)17-15(22)14(21)13(23-17)8-9-24(3,4)5;1-10-18-15(17)11(5-7-20)9-19(10)16-14(22)13(21)12(23-16)6-8-24(2,3)4/h5-8,12-16,19,22,27-28,30-32,40-41H,2,9-11,17-18,20-21H2,1,3-4H3,(H2,36,37,38);8,11,13-14,16-18,25-26H,2,5-7,9-10,12H2,1,3-4H3,(H,27,28)(H2,21,22,23);10,13-15,17,21-22H,2-3,8-9H2,1,4-5H3,(H2,18,19);9,12-14,16,20-22H,1-2,5-8H2,3-4H3,(H2,17,18)/t22?,28-,30-,31-,32-;13?,14-,16-,17-,18-;13-,14-,15-,17?;12-,13-,14-,16?/m1111/s1. The highest BCUT2D eigenvalue weighted by Crippen LogP contribution is 2.47. The number of ether oxygens (including phenoxy) is 6. The van der Waals surface area contributed by atoms with Gasteiger partial charge in [-0.2, -0.15) is 9.97 Å². The number of carboxylic acids is 1. The van der Waals surface area contributed by atoms with E-state index in [2.05, 4.69) is 146 Å². The number of aliphatic hydroxyl groups excluding tert-OH is 9. The van der Waals surface area contributed by atoms with Crippen molar-refractivity contribution < 1.29 is 93.9 Å². The summed E-state index contributed by atoms with van der Waals surface area (Å²) < 4.78 is 37.4. The molecule has 0 amide bonds. The molecule has 0 bridgehead atoms. The molecule has 7 aliphatic rings. The molecular formula is C88H134N14O19P4. The van der Waals surface area contributed by atoms with Gasteiger partial charge in [-0.25, -0.2) is 14.8 Å². The Balaban J connectivity index is 0.000000216. The van der Waals surface area contributed by atoms with Crippen molar-refractivity contribution in [1.82, 2.24) is 28.9 Å². The van der Waals surface area contributed by atoms with Crippen LogP contribution >= 0.6 is 27.5 Å². The van der Waals surface area contributed by atoms with Gasteiger partial charge in [0.25, 0.3) is 0 Å². The molecule has 2 aromatic heterocycles. The van der Waals surface area contributed by atoms with Crippen LogP contribution in [0.25, 0.3) is 11.1 Å². The van der Waals surface area contributed by atoms with E-state index >= 15 is 0 Å². The predicted octanol–water partition coefficient (Wildman–Crippen LogP) is 5.89. The van der Waals surface area contributed by atoms with Crippen molar-refractivity contribution in [2.45, 2.75) is 195 Å². The van der Waals surface area contributed by atoms with Crippen molar-refractivity contribution >= 4 is 94.1 Å². The minimum Gasteiger partial charge on any atom is -0.481 e. The van der Waals surface area contributed by atoms with E-state index < -0.39 is 150 Å². The number of carboxylic acid groups (broad SMARTS) is 1. The zero-order chi connectivity index (χ0) is 92.3. The van der Waals surface area contributed by atoms with Gasteiger partial charge in [0.05, 0.1) is 41.8 Å². The molecule has 0 saturated carbocycles. The number of fused-ring (bicyclic) bond motifs is 3. The average molecular weight is 1820 g/mol. The second kappa shape index (κ2) is 45.8. The van der Waals surface area contributed by atoms with Gasteiger partial charge < -0.3 is 112 Å². The highest BCUT2D eigenvalue weighted by molar-refractivity contribution is 7.73. The summed E-state index contributed by atoms with van der Waals surface area (Å²) >= 11 is 0. The largest absolute Gasteiger partial charge is 0.516 e. The van der Waals surface area contributed by atoms with Crippen LogP contribution in [-0.4, -0.2) is 325 Å². The first-order valence-corrected chi connectivity index (χ1v) is 54.3. The Morgan fingerprint density at radius 2 is 0.912 bits per heavy atom. The third-order valence-electron chi connectivity index (χ3n) is 22.1. The van der Waals surface area contributed by atoms with Gasteiger partial charge in [0.1, 0.15) is 90.4 Å². The molecule has 37 heteroatoms. The highest BCUT2D eigenvalue weighted by atomic mass is 31.2. The fraction of sp³-hybridized carbons (Fsp3) is 0.557. The lowest BCUT2D eigenvalue weighted by Gasteiger charge is -2.32. The SMILES string of the molecule is C=C1N=C(N)C(C#CC)=CN1C1O[C@H](CCP(=C)(C)C)[C@@H](O)[C@H]1O.C=C1N=C(N)C(CCO)=CN1C1O[C@H](CCP(=C)(C)C)[C@@H](O)[C@H]1O.C=P(C)(C)CC[C@H]1O[C@@H](n2ccc(N)nc2=NCCCCC(C)C(=O)O)[C@H](O)[C@@H]1O.C=P(C)(C)CC[C@H]1O[C@@H](n2ccc(N)nc2=NCCCCC(C)C(=O)OC(=O)OCC2c3ccccc3-c3ccccc32)[C@H](O)[C@@H]1O. The number of anilines is 2. The molecule has 2 aromatic carbocycles. The number of unbranched alkanes of at least 4 members (excludes halogenated alkanes) is 2. The molecule has 4 unspecified atom stereocenters. The molecule has 18 atom stereocenters. The van der Waals surface area contributed by atoms with Crippen LogP contribution in [0, 0.1) is 23.7 Å². The monoisotopic (exact) mass is 1810 g/mol. The Kier molecular flexibility index (Phi) is 37.5. The molecule has 690 valence electrons. The molecule has 4 saturated heterocycles. The van der Waals surface area contributed by atoms with Gasteiger partial charge in [0.2, 0.25) is 11.2 Å². The van der Waals surface area contributed by atoms with Gasteiger partial charge in [0.15, 0.2) is 24.9 Å².